The largest absolute Gasteiger partial charge is 0.457 e. The molecule has 2 amide bonds. The topological polar surface area (TPSA) is 80.3 Å². The Morgan fingerprint density at radius 3 is 2.46 bits per heavy atom. The van der Waals surface area contributed by atoms with Gasteiger partial charge in [0.05, 0.1) is 10.2 Å². The molecule has 0 saturated heterocycles. The minimum atomic E-state index is -0.657. The van der Waals surface area contributed by atoms with E-state index in [0.717, 1.165) is 16.0 Å². The van der Waals surface area contributed by atoms with Crippen molar-refractivity contribution in [3.63, 3.8) is 0 Å². The molecule has 2 N–H and O–H groups in total. The number of nitrogens with one attached hydrogen (secondary N) is 2. The number of benzene rings is 2. The molecule has 3 rings (SSSR count). The Bertz CT molecular complexity index is 993. The average Bonchev–Trinajstić information content (AvgIpc) is 3.03. The van der Waals surface area contributed by atoms with Crippen LogP contribution in [0.15, 0.2) is 48.5 Å². The Hall–Kier alpha value is -2.93. The van der Waals surface area contributed by atoms with Crippen LogP contribution in [0.3, 0.4) is 0 Å². The molecule has 0 aliphatic rings. The van der Waals surface area contributed by atoms with E-state index < -0.39 is 11.5 Å². The number of thiazole rings is 1. The summed E-state index contributed by atoms with van der Waals surface area (Å²) >= 11 is 1.36. The Morgan fingerprint density at radius 2 is 1.79 bits per heavy atom. The molecule has 0 radical (unpaired) electrons. The highest BCUT2D eigenvalue weighted by atomic mass is 32.1. The van der Waals surface area contributed by atoms with Crippen molar-refractivity contribution in [1.29, 1.82) is 0 Å². The van der Waals surface area contributed by atoms with Gasteiger partial charge in [0.1, 0.15) is 17.5 Å². The van der Waals surface area contributed by atoms with Gasteiger partial charge in [0.15, 0.2) is 5.13 Å². The van der Waals surface area contributed by atoms with Gasteiger partial charge in [0.25, 0.3) is 0 Å². The molecular weight excluding hydrogens is 374 g/mol. The number of amides is 2. The summed E-state index contributed by atoms with van der Waals surface area (Å²) in [6.07, 6.45) is 0. The highest BCUT2D eigenvalue weighted by Crippen LogP contribution is 2.31. The van der Waals surface area contributed by atoms with Crippen LogP contribution < -0.4 is 15.4 Å². The fourth-order valence-corrected chi connectivity index (χ4v) is 3.24. The lowest BCUT2D eigenvalue weighted by Crippen LogP contribution is -2.46. The van der Waals surface area contributed by atoms with Crippen LogP contribution in [-0.4, -0.2) is 22.8 Å². The minimum absolute atomic E-state index is 0.179. The lowest BCUT2D eigenvalue weighted by molar-refractivity contribution is -0.131. The van der Waals surface area contributed by atoms with E-state index >= 15 is 0 Å². The molecule has 0 aliphatic heterocycles. The number of carbonyl (C=O) groups excluding carboxylic acids is 2. The standard InChI is InChI=1S/C21H23N3O3S/c1-13(22-19(26)21(2,3)4)18(25)24-20-23-16-11-10-15(12-17(16)28-20)27-14-8-6-5-7-9-14/h5-13H,1-4H3,(H,22,26)(H,23,24,25)/t13-/m0/s1. The van der Waals surface area contributed by atoms with E-state index in [-0.39, 0.29) is 11.8 Å². The lowest BCUT2D eigenvalue weighted by Gasteiger charge is -2.21. The molecular formula is C21H23N3O3S. The number of fused-ring (bicyclic) bond motifs is 1. The zero-order valence-corrected chi connectivity index (χ0v) is 17.1. The summed E-state index contributed by atoms with van der Waals surface area (Å²) in [5.74, 6) is 0.967. The number of ether oxygens (including phenoxy) is 1. The molecule has 3 aromatic rings. The third-order valence-electron chi connectivity index (χ3n) is 3.99. The molecule has 0 fully saturated rings. The first-order valence-electron chi connectivity index (χ1n) is 8.98. The third kappa shape index (κ3) is 4.86. The molecule has 0 spiro atoms. The third-order valence-corrected chi connectivity index (χ3v) is 4.92. The highest BCUT2D eigenvalue weighted by molar-refractivity contribution is 7.22. The Kier molecular flexibility index (Phi) is 5.65. The van der Waals surface area contributed by atoms with Gasteiger partial charge in [-0.25, -0.2) is 4.98 Å². The van der Waals surface area contributed by atoms with Gasteiger partial charge >= 0.3 is 0 Å². The van der Waals surface area contributed by atoms with Crippen molar-refractivity contribution >= 4 is 38.5 Å². The van der Waals surface area contributed by atoms with Crippen LogP contribution in [0, 0.1) is 5.41 Å². The number of hydrogen-bond acceptors (Lipinski definition) is 5. The molecule has 2 aromatic carbocycles. The van der Waals surface area contributed by atoms with Crippen LogP contribution in [0.2, 0.25) is 0 Å². The van der Waals surface area contributed by atoms with Crippen LogP contribution in [0.25, 0.3) is 10.2 Å². The Morgan fingerprint density at radius 1 is 1.07 bits per heavy atom. The fourth-order valence-electron chi connectivity index (χ4n) is 2.34. The van der Waals surface area contributed by atoms with Gasteiger partial charge in [-0.15, -0.1) is 0 Å². The van der Waals surface area contributed by atoms with Crippen LogP contribution >= 0.6 is 11.3 Å². The van der Waals surface area contributed by atoms with Gasteiger partial charge < -0.3 is 15.4 Å². The highest BCUT2D eigenvalue weighted by Gasteiger charge is 2.25. The monoisotopic (exact) mass is 397 g/mol. The van der Waals surface area contributed by atoms with Gasteiger partial charge in [0, 0.05) is 11.5 Å². The molecule has 0 bridgehead atoms. The van der Waals surface area contributed by atoms with Crippen molar-refractivity contribution in [2.24, 2.45) is 5.41 Å². The number of aromatic nitrogens is 1. The van der Waals surface area contributed by atoms with Gasteiger partial charge in [-0.05, 0) is 31.2 Å². The second-order valence-electron chi connectivity index (χ2n) is 7.50. The molecule has 28 heavy (non-hydrogen) atoms. The van der Waals surface area contributed by atoms with Crippen molar-refractivity contribution in [2.75, 3.05) is 5.32 Å². The Labute approximate surface area is 167 Å². The summed E-state index contributed by atoms with van der Waals surface area (Å²) in [6, 6.07) is 14.4. The van der Waals surface area contributed by atoms with Crippen LogP contribution in [0.5, 0.6) is 11.5 Å². The summed E-state index contributed by atoms with van der Waals surface area (Å²) in [5, 5.41) is 5.97. The maximum absolute atomic E-state index is 12.4. The van der Waals surface area contributed by atoms with Crippen LogP contribution in [-0.2, 0) is 9.59 Å². The fraction of sp³-hybridized carbons (Fsp3) is 0.286. The van der Waals surface area contributed by atoms with Gasteiger partial charge in [-0.2, -0.15) is 0 Å². The van der Waals surface area contributed by atoms with Crippen molar-refractivity contribution in [1.82, 2.24) is 10.3 Å². The first kappa shape index (κ1) is 19.8. The van der Waals surface area contributed by atoms with E-state index in [2.05, 4.69) is 15.6 Å². The molecule has 0 saturated carbocycles. The van der Waals surface area contributed by atoms with Crippen molar-refractivity contribution in [3.8, 4) is 11.5 Å². The summed E-state index contributed by atoms with van der Waals surface area (Å²) in [4.78, 5) is 28.8. The van der Waals surface area contributed by atoms with Crippen molar-refractivity contribution in [3.05, 3.63) is 48.5 Å². The second kappa shape index (κ2) is 7.98. The zero-order chi connectivity index (χ0) is 20.3. The van der Waals surface area contributed by atoms with E-state index in [1.165, 1.54) is 11.3 Å². The quantitative estimate of drug-likeness (QED) is 0.660. The van der Waals surface area contributed by atoms with E-state index in [1.807, 2.05) is 48.5 Å². The summed E-state index contributed by atoms with van der Waals surface area (Å²) in [6.45, 7) is 7.05. The molecule has 1 atom stereocenters. The average molecular weight is 398 g/mol. The SMILES string of the molecule is C[C@H](NC(=O)C(C)(C)C)C(=O)Nc1nc2ccc(Oc3ccccc3)cc2s1. The minimum Gasteiger partial charge on any atom is -0.457 e. The van der Waals surface area contributed by atoms with E-state index in [4.69, 9.17) is 4.74 Å². The number of rotatable bonds is 5. The normalized spacial score (nSPS) is 12.4. The molecule has 0 unspecified atom stereocenters. The maximum Gasteiger partial charge on any atom is 0.248 e. The first-order valence-corrected chi connectivity index (χ1v) is 9.79. The van der Waals surface area contributed by atoms with E-state index in [0.29, 0.717) is 10.9 Å². The summed E-state index contributed by atoms with van der Waals surface area (Å²) in [5.41, 5.74) is 0.214. The molecule has 1 aromatic heterocycles. The van der Waals surface area contributed by atoms with Gasteiger partial charge in [-0.3, -0.25) is 9.59 Å². The van der Waals surface area contributed by atoms with Crippen LogP contribution in [0.1, 0.15) is 27.7 Å². The van der Waals surface area contributed by atoms with Crippen molar-refractivity contribution < 1.29 is 14.3 Å². The van der Waals surface area contributed by atoms with Gasteiger partial charge in [0.2, 0.25) is 11.8 Å². The predicted molar refractivity (Wildman–Crippen MR) is 112 cm³/mol. The van der Waals surface area contributed by atoms with E-state index in [9.17, 15) is 9.59 Å². The number of nitrogens with zero attached hydrogens (tertiary/aromatic N) is 1. The number of hydrogen-bond donors (Lipinski definition) is 2. The molecule has 7 heteroatoms. The van der Waals surface area contributed by atoms with Gasteiger partial charge in [-0.1, -0.05) is 50.3 Å². The lowest BCUT2D eigenvalue weighted by atomic mass is 9.95. The van der Waals surface area contributed by atoms with Crippen molar-refractivity contribution in [2.45, 2.75) is 33.7 Å². The predicted octanol–water partition coefficient (Wildman–Crippen LogP) is 4.58. The molecule has 146 valence electrons. The number of carbonyl (C=O) groups is 2. The Balaban J connectivity index is 1.68. The first-order chi connectivity index (χ1) is 13.2. The smallest absolute Gasteiger partial charge is 0.248 e. The van der Waals surface area contributed by atoms with Crippen LogP contribution in [0.4, 0.5) is 5.13 Å². The second-order valence-corrected chi connectivity index (χ2v) is 8.53. The van der Waals surface area contributed by atoms with E-state index in [1.54, 1.807) is 27.7 Å². The summed E-state index contributed by atoms with van der Waals surface area (Å²) < 4.78 is 6.73. The zero-order valence-electron chi connectivity index (χ0n) is 16.3. The molecule has 0 aliphatic carbocycles. The molecule has 1 heterocycles. The summed E-state index contributed by atoms with van der Waals surface area (Å²) in [7, 11) is 0. The number of anilines is 1. The number of para-hydroxylation sites is 1. The molecule has 6 nitrogen and oxygen atoms in total. The maximum atomic E-state index is 12.4.